The molecule has 0 radical (unpaired) electrons. The molecule has 0 spiro atoms. The first-order valence-electron chi connectivity index (χ1n) is 6.77. The van der Waals surface area contributed by atoms with E-state index in [2.05, 4.69) is 4.72 Å². The minimum absolute atomic E-state index is 0.0656. The Balaban J connectivity index is 2.18. The van der Waals surface area contributed by atoms with E-state index in [-0.39, 0.29) is 10.7 Å². The molecule has 1 fully saturated rings. The molecule has 21 heavy (non-hydrogen) atoms. The fourth-order valence-corrected chi connectivity index (χ4v) is 3.68. The Morgan fingerprint density at radius 3 is 2.38 bits per heavy atom. The molecule has 0 aliphatic carbocycles. The number of nitrogens with one attached hydrogen (secondary N) is 1. The van der Waals surface area contributed by atoms with E-state index in [9.17, 15) is 12.8 Å². The van der Waals surface area contributed by atoms with Gasteiger partial charge in [-0.05, 0) is 31.0 Å². The van der Waals surface area contributed by atoms with Crippen LogP contribution in [0, 0.1) is 5.82 Å². The summed E-state index contributed by atoms with van der Waals surface area (Å²) in [7, 11) is -3.74. The molecule has 1 aliphatic rings. The SMILES string of the molecule is NC(=S)c1ccc(NS(=O)(=O)N2CCCCCC2)c(F)c1. The molecule has 2 rings (SSSR count). The van der Waals surface area contributed by atoms with Crippen LogP contribution in [-0.2, 0) is 10.2 Å². The fraction of sp³-hybridized carbons (Fsp3) is 0.462. The normalized spacial score (nSPS) is 17.2. The van der Waals surface area contributed by atoms with Crippen molar-refractivity contribution in [3.63, 3.8) is 0 Å². The predicted molar refractivity (Wildman–Crippen MR) is 84.9 cm³/mol. The molecular weight excluding hydrogens is 313 g/mol. The number of halogens is 1. The summed E-state index contributed by atoms with van der Waals surface area (Å²) < 4.78 is 42.1. The van der Waals surface area contributed by atoms with Gasteiger partial charge >= 0.3 is 10.2 Å². The monoisotopic (exact) mass is 331 g/mol. The molecule has 0 aromatic heterocycles. The molecule has 1 heterocycles. The quantitative estimate of drug-likeness (QED) is 0.828. The van der Waals surface area contributed by atoms with Gasteiger partial charge in [-0.25, -0.2) is 4.39 Å². The number of rotatable bonds is 4. The molecule has 0 amide bonds. The number of benzene rings is 1. The Labute approximate surface area is 129 Å². The molecule has 1 aromatic rings. The van der Waals surface area contributed by atoms with E-state index in [0.717, 1.165) is 31.7 Å². The van der Waals surface area contributed by atoms with Gasteiger partial charge in [0.1, 0.15) is 10.8 Å². The van der Waals surface area contributed by atoms with E-state index in [1.165, 1.54) is 16.4 Å². The Morgan fingerprint density at radius 2 is 1.86 bits per heavy atom. The Morgan fingerprint density at radius 1 is 1.24 bits per heavy atom. The summed E-state index contributed by atoms with van der Waals surface area (Å²) in [5, 5.41) is 0. The summed E-state index contributed by atoms with van der Waals surface area (Å²) in [6.07, 6.45) is 3.68. The predicted octanol–water partition coefficient (Wildman–Crippen LogP) is 1.99. The molecule has 1 aromatic carbocycles. The highest BCUT2D eigenvalue weighted by molar-refractivity contribution is 7.90. The van der Waals surface area contributed by atoms with Crippen molar-refractivity contribution >= 4 is 33.1 Å². The van der Waals surface area contributed by atoms with Crippen molar-refractivity contribution in [1.29, 1.82) is 0 Å². The maximum Gasteiger partial charge on any atom is 0.301 e. The summed E-state index contributed by atoms with van der Waals surface area (Å²) in [6.45, 7) is 0.920. The first-order chi connectivity index (χ1) is 9.90. The molecule has 5 nitrogen and oxygen atoms in total. The van der Waals surface area contributed by atoms with Crippen molar-refractivity contribution in [3.05, 3.63) is 29.6 Å². The van der Waals surface area contributed by atoms with Gasteiger partial charge in [-0.1, -0.05) is 25.1 Å². The third-order valence-corrected chi connectivity index (χ3v) is 5.16. The summed E-state index contributed by atoms with van der Waals surface area (Å²) >= 11 is 4.76. The van der Waals surface area contributed by atoms with Crippen molar-refractivity contribution < 1.29 is 12.8 Å². The van der Waals surface area contributed by atoms with Gasteiger partial charge in [-0.3, -0.25) is 4.72 Å². The van der Waals surface area contributed by atoms with Crippen LogP contribution < -0.4 is 10.5 Å². The lowest BCUT2D eigenvalue weighted by molar-refractivity contribution is 0.427. The summed E-state index contributed by atoms with van der Waals surface area (Å²) in [5.74, 6) is -0.696. The van der Waals surface area contributed by atoms with Crippen molar-refractivity contribution in [1.82, 2.24) is 4.31 Å². The van der Waals surface area contributed by atoms with E-state index < -0.39 is 16.0 Å². The largest absolute Gasteiger partial charge is 0.389 e. The summed E-state index contributed by atoms with van der Waals surface area (Å²) in [6, 6.07) is 3.95. The minimum atomic E-state index is -3.74. The smallest absolute Gasteiger partial charge is 0.301 e. The number of hydrogen-bond acceptors (Lipinski definition) is 3. The lowest BCUT2D eigenvalue weighted by Gasteiger charge is -2.21. The standard InChI is InChI=1S/C13H18FN3O2S2/c14-11-9-10(13(15)20)5-6-12(11)16-21(18,19)17-7-3-1-2-4-8-17/h5-6,9,16H,1-4,7-8H2,(H2,15,20). The van der Waals surface area contributed by atoms with E-state index >= 15 is 0 Å². The first-order valence-corrected chi connectivity index (χ1v) is 8.62. The third kappa shape index (κ3) is 4.12. The number of nitrogens with zero attached hydrogens (tertiary/aromatic N) is 1. The van der Waals surface area contributed by atoms with Crippen LogP contribution in [0.15, 0.2) is 18.2 Å². The second-order valence-corrected chi connectivity index (χ2v) is 7.09. The molecule has 0 saturated carbocycles. The van der Waals surface area contributed by atoms with Gasteiger partial charge in [0.05, 0.1) is 5.69 Å². The number of nitrogens with two attached hydrogens (primary N) is 1. The lowest BCUT2D eigenvalue weighted by Crippen LogP contribution is -2.36. The second kappa shape index (κ2) is 6.67. The average molecular weight is 331 g/mol. The molecule has 116 valence electrons. The number of anilines is 1. The van der Waals surface area contributed by atoms with E-state index in [1.807, 2.05) is 0 Å². The molecule has 0 bridgehead atoms. The highest BCUT2D eigenvalue weighted by Gasteiger charge is 2.23. The maximum atomic E-state index is 13.9. The summed E-state index contributed by atoms with van der Waals surface area (Å²) in [4.78, 5) is 0.0656. The van der Waals surface area contributed by atoms with E-state index in [1.54, 1.807) is 0 Å². The van der Waals surface area contributed by atoms with Crippen LogP contribution in [0.2, 0.25) is 0 Å². The molecule has 1 aliphatic heterocycles. The number of thiocarbonyl (C=S) groups is 1. The molecule has 0 atom stereocenters. The van der Waals surface area contributed by atoms with Crippen LogP contribution in [0.1, 0.15) is 31.2 Å². The van der Waals surface area contributed by atoms with Crippen LogP contribution in [0.4, 0.5) is 10.1 Å². The second-order valence-electron chi connectivity index (χ2n) is 4.98. The Hall–Kier alpha value is -1.25. The zero-order chi connectivity index (χ0) is 15.5. The molecular formula is C13H18FN3O2S2. The van der Waals surface area contributed by atoms with Crippen LogP contribution in [0.3, 0.4) is 0 Å². The van der Waals surface area contributed by atoms with E-state index in [4.69, 9.17) is 18.0 Å². The molecule has 3 N–H and O–H groups in total. The lowest BCUT2D eigenvalue weighted by atomic mass is 10.2. The summed E-state index contributed by atoms with van der Waals surface area (Å²) in [5.41, 5.74) is 5.68. The Kier molecular flexibility index (Phi) is 5.13. The van der Waals surface area contributed by atoms with Gasteiger partial charge in [0, 0.05) is 18.7 Å². The van der Waals surface area contributed by atoms with Gasteiger partial charge in [-0.15, -0.1) is 0 Å². The van der Waals surface area contributed by atoms with Gasteiger partial charge in [0.15, 0.2) is 0 Å². The Bertz CT molecular complexity index is 626. The topological polar surface area (TPSA) is 75.4 Å². The van der Waals surface area contributed by atoms with Crippen LogP contribution in [0.5, 0.6) is 0 Å². The fourth-order valence-electron chi connectivity index (χ4n) is 2.24. The van der Waals surface area contributed by atoms with E-state index in [0.29, 0.717) is 18.7 Å². The van der Waals surface area contributed by atoms with Gasteiger partial charge in [-0.2, -0.15) is 12.7 Å². The molecule has 1 saturated heterocycles. The average Bonchev–Trinajstić information content (AvgIpc) is 2.70. The van der Waals surface area contributed by atoms with Gasteiger partial charge in [0.25, 0.3) is 0 Å². The maximum absolute atomic E-state index is 13.9. The van der Waals surface area contributed by atoms with Gasteiger partial charge < -0.3 is 5.73 Å². The molecule has 8 heteroatoms. The van der Waals surface area contributed by atoms with Crippen molar-refractivity contribution in [3.8, 4) is 0 Å². The van der Waals surface area contributed by atoms with Crippen LogP contribution in [0.25, 0.3) is 0 Å². The van der Waals surface area contributed by atoms with Crippen molar-refractivity contribution in [2.24, 2.45) is 5.73 Å². The minimum Gasteiger partial charge on any atom is -0.389 e. The highest BCUT2D eigenvalue weighted by atomic mass is 32.2. The van der Waals surface area contributed by atoms with Crippen LogP contribution >= 0.6 is 12.2 Å². The number of hydrogen-bond donors (Lipinski definition) is 2. The zero-order valence-corrected chi connectivity index (χ0v) is 13.1. The van der Waals surface area contributed by atoms with Crippen molar-refractivity contribution in [2.75, 3.05) is 17.8 Å². The molecule has 0 unspecified atom stereocenters. The highest BCUT2D eigenvalue weighted by Crippen LogP contribution is 2.20. The van der Waals surface area contributed by atoms with Gasteiger partial charge in [0.2, 0.25) is 0 Å². The third-order valence-electron chi connectivity index (χ3n) is 3.40. The van der Waals surface area contributed by atoms with Crippen LogP contribution in [-0.4, -0.2) is 30.8 Å². The zero-order valence-electron chi connectivity index (χ0n) is 11.5. The van der Waals surface area contributed by atoms with Crippen molar-refractivity contribution in [2.45, 2.75) is 25.7 Å². The first kappa shape index (κ1) is 16.1.